The summed E-state index contributed by atoms with van der Waals surface area (Å²) in [6.45, 7) is -0.535. The van der Waals surface area contributed by atoms with Crippen LogP contribution in [0.1, 0.15) is 10.5 Å². The van der Waals surface area contributed by atoms with Gasteiger partial charge in [-0.15, -0.1) is 0 Å². The van der Waals surface area contributed by atoms with E-state index in [0.29, 0.717) is 21.6 Å². The molecule has 0 atom stereocenters. The lowest BCUT2D eigenvalue weighted by Crippen LogP contribution is -2.22. The first-order chi connectivity index (χ1) is 12.4. The van der Waals surface area contributed by atoms with E-state index in [1.807, 2.05) is 0 Å². The highest BCUT2D eigenvalue weighted by Crippen LogP contribution is 2.25. The van der Waals surface area contributed by atoms with Crippen molar-refractivity contribution in [2.24, 2.45) is 0 Å². The number of amides is 1. The number of benzene rings is 2. The van der Waals surface area contributed by atoms with Crippen molar-refractivity contribution in [3.8, 4) is 0 Å². The molecular formula is C18H12Cl2N2O4. The average molecular weight is 391 g/mol. The highest BCUT2D eigenvalue weighted by molar-refractivity contribution is 6.36. The van der Waals surface area contributed by atoms with Gasteiger partial charge < -0.3 is 15.0 Å². The van der Waals surface area contributed by atoms with E-state index < -0.39 is 18.5 Å². The van der Waals surface area contributed by atoms with Crippen LogP contribution in [0.15, 0.2) is 53.3 Å². The maximum atomic E-state index is 12.1. The van der Waals surface area contributed by atoms with E-state index in [1.54, 1.807) is 30.3 Å². The van der Waals surface area contributed by atoms with Gasteiger partial charge >= 0.3 is 5.97 Å². The maximum absolute atomic E-state index is 12.1. The molecule has 3 aromatic rings. The molecule has 0 aliphatic heterocycles. The third-order valence-corrected chi connectivity index (χ3v) is 4.04. The minimum Gasteiger partial charge on any atom is -0.451 e. The van der Waals surface area contributed by atoms with Crippen molar-refractivity contribution in [3.05, 3.63) is 74.5 Å². The minimum atomic E-state index is -0.815. The first kappa shape index (κ1) is 18.0. The monoisotopic (exact) mass is 390 g/mol. The molecule has 1 heterocycles. The predicted molar refractivity (Wildman–Crippen MR) is 99.9 cm³/mol. The normalized spacial score (nSPS) is 10.5. The standard InChI is InChI=1S/C18H12Cl2N2O4/c19-10-5-6-14(12(20)7-10)22-17(24)9-26-18(25)15-8-16(23)11-3-1-2-4-13(11)21-15/h1-8H,9H2,(H,21,23)(H,22,24). The lowest BCUT2D eigenvalue weighted by Gasteiger charge is -2.08. The maximum Gasteiger partial charge on any atom is 0.355 e. The topological polar surface area (TPSA) is 88.3 Å². The number of rotatable bonds is 4. The van der Waals surface area contributed by atoms with Crippen molar-refractivity contribution in [3.63, 3.8) is 0 Å². The second-order valence-corrected chi connectivity index (χ2v) is 6.18. The number of esters is 1. The molecule has 1 aromatic heterocycles. The van der Waals surface area contributed by atoms with Crippen molar-refractivity contribution in [2.75, 3.05) is 11.9 Å². The number of halogens is 2. The van der Waals surface area contributed by atoms with Crippen molar-refractivity contribution in [2.45, 2.75) is 0 Å². The van der Waals surface area contributed by atoms with Crippen LogP contribution in [-0.2, 0) is 9.53 Å². The number of aromatic amines is 1. The van der Waals surface area contributed by atoms with E-state index in [4.69, 9.17) is 27.9 Å². The summed E-state index contributed by atoms with van der Waals surface area (Å²) in [5.41, 5.74) is 0.496. The van der Waals surface area contributed by atoms with Crippen LogP contribution in [0.3, 0.4) is 0 Å². The van der Waals surface area contributed by atoms with Crippen LogP contribution in [0.2, 0.25) is 10.0 Å². The Hall–Kier alpha value is -2.83. The number of fused-ring (bicyclic) bond motifs is 1. The average Bonchev–Trinajstić information content (AvgIpc) is 2.62. The number of anilines is 1. The van der Waals surface area contributed by atoms with Gasteiger partial charge in [-0.05, 0) is 30.3 Å². The Labute approximate surface area is 157 Å². The van der Waals surface area contributed by atoms with Crippen LogP contribution < -0.4 is 10.7 Å². The highest BCUT2D eigenvalue weighted by Gasteiger charge is 2.14. The molecule has 2 aromatic carbocycles. The molecule has 0 bridgehead atoms. The Balaban J connectivity index is 1.67. The first-order valence-electron chi connectivity index (χ1n) is 7.48. The van der Waals surface area contributed by atoms with Crippen molar-refractivity contribution >= 4 is 51.7 Å². The SMILES string of the molecule is O=C(COC(=O)c1cc(=O)c2ccccc2[nH]1)Nc1ccc(Cl)cc1Cl. The molecule has 0 radical (unpaired) electrons. The lowest BCUT2D eigenvalue weighted by molar-refractivity contribution is -0.119. The zero-order chi connectivity index (χ0) is 18.7. The Morgan fingerprint density at radius 1 is 1.08 bits per heavy atom. The van der Waals surface area contributed by atoms with Crippen molar-refractivity contribution < 1.29 is 14.3 Å². The van der Waals surface area contributed by atoms with Gasteiger partial charge in [-0.1, -0.05) is 35.3 Å². The van der Waals surface area contributed by atoms with E-state index in [9.17, 15) is 14.4 Å². The molecule has 0 aliphatic rings. The summed E-state index contributed by atoms with van der Waals surface area (Å²) in [6, 6.07) is 12.5. The number of aromatic nitrogens is 1. The van der Waals surface area contributed by atoms with E-state index >= 15 is 0 Å². The molecule has 132 valence electrons. The van der Waals surface area contributed by atoms with Gasteiger partial charge in [-0.25, -0.2) is 4.79 Å². The third kappa shape index (κ3) is 4.04. The summed E-state index contributed by atoms with van der Waals surface area (Å²) < 4.78 is 4.94. The number of pyridine rings is 1. The highest BCUT2D eigenvalue weighted by atomic mass is 35.5. The largest absolute Gasteiger partial charge is 0.451 e. The lowest BCUT2D eigenvalue weighted by atomic mass is 10.2. The second kappa shape index (κ2) is 7.59. The number of carbonyl (C=O) groups is 2. The van der Waals surface area contributed by atoms with E-state index in [2.05, 4.69) is 10.3 Å². The summed E-state index contributed by atoms with van der Waals surface area (Å²) in [7, 11) is 0. The van der Waals surface area contributed by atoms with Crippen molar-refractivity contribution in [1.82, 2.24) is 4.98 Å². The fourth-order valence-electron chi connectivity index (χ4n) is 2.29. The summed E-state index contributed by atoms with van der Waals surface area (Å²) in [5.74, 6) is -1.39. The molecule has 8 heteroatoms. The molecule has 0 spiro atoms. The van der Waals surface area contributed by atoms with Crippen LogP contribution in [0.4, 0.5) is 5.69 Å². The molecule has 6 nitrogen and oxygen atoms in total. The van der Waals surface area contributed by atoms with Gasteiger partial charge in [0.1, 0.15) is 5.69 Å². The summed E-state index contributed by atoms with van der Waals surface area (Å²) in [6.07, 6.45) is 0. The molecule has 0 aliphatic carbocycles. The van der Waals surface area contributed by atoms with Crippen LogP contribution >= 0.6 is 23.2 Å². The number of nitrogens with one attached hydrogen (secondary N) is 2. The molecule has 3 rings (SSSR count). The molecule has 1 amide bonds. The molecule has 0 saturated carbocycles. The third-order valence-electron chi connectivity index (χ3n) is 3.50. The number of hydrogen-bond donors (Lipinski definition) is 2. The number of para-hydroxylation sites is 1. The van der Waals surface area contributed by atoms with Gasteiger partial charge in [0.05, 0.1) is 10.7 Å². The zero-order valence-electron chi connectivity index (χ0n) is 13.2. The second-order valence-electron chi connectivity index (χ2n) is 5.34. The van der Waals surface area contributed by atoms with E-state index in [1.165, 1.54) is 12.1 Å². The summed E-state index contributed by atoms with van der Waals surface area (Å²) >= 11 is 11.7. The fraction of sp³-hybridized carbons (Fsp3) is 0.0556. The number of H-pyrrole nitrogens is 1. The smallest absolute Gasteiger partial charge is 0.355 e. The van der Waals surface area contributed by atoms with E-state index in [-0.39, 0.29) is 16.1 Å². The first-order valence-corrected chi connectivity index (χ1v) is 8.24. The minimum absolute atomic E-state index is 0.0361. The summed E-state index contributed by atoms with van der Waals surface area (Å²) in [4.78, 5) is 38.8. The van der Waals surface area contributed by atoms with Crippen LogP contribution in [-0.4, -0.2) is 23.5 Å². The van der Waals surface area contributed by atoms with Gasteiger partial charge in [-0.2, -0.15) is 0 Å². The van der Waals surface area contributed by atoms with Gasteiger partial charge in [0.15, 0.2) is 12.0 Å². The van der Waals surface area contributed by atoms with Gasteiger partial charge in [0.2, 0.25) is 0 Å². The quantitative estimate of drug-likeness (QED) is 0.665. The Kier molecular flexibility index (Phi) is 5.25. The Bertz CT molecular complexity index is 1060. The molecule has 26 heavy (non-hydrogen) atoms. The van der Waals surface area contributed by atoms with Crippen molar-refractivity contribution in [1.29, 1.82) is 0 Å². The van der Waals surface area contributed by atoms with Gasteiger partial charge in [0, 0.05) is 22.0 Å². The molecule has 0 fully saturated rings. The zero-order valence-corrected chi connectivity index (χ0v) is 14.7. The number of hydrogen-bond acceptors (Lipinski definition) is 4. The Morgan fingerprint density at radius 3 is 2.62 bits per heavy atom. The molecular weight excluding hydrogens is 379 g/mol. The summed E-state index contributed by atoms with van der Waals surface area (Å²) in [5, 5.41) is 3.65. The predicted octanol–water partition coefficient (Wildman–Crippen LogP) is 3.63. The van der Waals surface area contributed by atoms with Gasteiger partial charge in [0.25, 0.3) is 5.91 Å². The fourth-order valence-corrected chi connectivity index (χ4v) is 2.75. The van der Waals surface area contributed by atoms with Gasteiger partial charge in [-0.3, -0.25) is 9.59 Å². The molecule has 0 unspecified atom stereocenters. The van der Waals surface area contributed by atoms with Crippen LogP contribution in [0.5, 0.6) is 0 Å². The Morgan fingerprint density at radius 2 is 1.85 bits per heavy atom. The number of carbonyl (C=O) groups excluding carboxylic acids is 2. The van der Waals surface area contributed by atoms with Crippen LogP contribution in [0, 0.1) is 0 Å². The molecule has 0 saturated heterocycles. The number of ether oxygens (including phenoxy) is 1. The van der Waals surface area contributed by atoms with Crippen LogP contribution in [0.25, 0.3) is 10.9 Å². The van der Waals surface area contributed by atoms with E-state index in [0.717, 1.165) is 6.07 Å². The molecule has 2 N–H and O–H groups in total.